The quantitative estimate of drug-likeness (QED) is 0.124. The second-order valence-electron chi connectivity index (χ2n) is 10.1. The van der Waals surface area contributed by atoms with Crippen molar-refractivity contribution in [3.63, 3.8) is 0 Å². The van der Waals surface area contributed by atoms with Crippen molar-refractivity contribution >= 4 is 11.6 Å². The van der Waals surface area contributed by atoms with Crippen LogP contribution in [0.15, 0.2) is 91.0 Å². The van der Waals surface area contributed by atoms with Crippen LogP contribution in [-0.2, 0) is 57.7 Å². The molecule has 9 heteroatoms. The van der Waals surface area contributed by atoms with Gasteiger partial charge in [-0.3, -0.25) is 0 Å². The van der Waals surface area contributed by atoms with Crippen LogP contribution in [0.2, 0.25) is 0 Å². The van der Waals surface area contributed by atoms with Crippen molar-refractivity contribution in [2.75, 3.05) is 52.6 Å². The third-order valence-corrected chi connectivity index (χ3v) is 7.04. The topological polar surface area (TPSA) is 73.8 Å². The summed E-state index contributed by atoms with van der Waals surface area (Å²) in [7, 11) is 1.64. The Morgan fingerprint density at radius 2 is 1.02 bits per heavy atom. The van der Waals surface area contributed by atoms with E-state index < -0.39 is 30.7 Å². The summed E-state index contributed by atoms with van der Waals surface area (Å²) in [5.74, 6) is 0.457. The largest absolute Gasteiger partial charge is 0.382 e. The van der Waals surface area contributed by atoms with E-state index in [0.717, 1.165) is 16.7 Å². The summed E-state index contributed by atoms with van der Waals surface area (Å²) in [6.07, 6.45) is -2.79. The van der Waals surface area contributed by atoms with Crippen molar-refractivity contribution in [2.24, 2.45) is 0 Å². The van der Waals surface area contributed by atoms with E-state index in [1.54, 1.807) is 7.11 Å². The molecule has 3 aromatic carbocycles. The van der Waals surface area contributed by atoms with Gasteiger partial charge in [-0.05, 0) is 16.7 Å². The lowest BCUT2D eigenvalue weighted by Crippen LogP contribution is -2.61. The molecule has 4 rings (SSSR count). The lowest BCUT2D eigenvalue weighted by atomic mass is 9.97. The second kappa shape index (κ2) is 19.8. The third-order valence-electron chi connectivity index (χ3n) is 6.88. The molecule has 0 aliphatic carbocycles. The maximum atomic E-state index is 6.64. The van der Waals surface area contributed by atoms with E-state index in [-0.39, 0.29) is 0 Å². The van der Waals surface area contributed by atoms with Crippen LogP contribution in [0.5, 0.6) is 0 Å². The predicted molar refractivity (Wildman–Crippen MR) is 164 cm³/mol. The van der Waals surface area contributed by atoms with Gasteiger partial charge in [-0.1, -0.05) is 91.0 Å². The highest BCUT2D eigenvalue weighted by Crippen LogP contribution is 2.31. The first-order chi connectivity index (χ1) is 21.3. The maximum Gasteiger partial charge on any atom is 0.187 e. The van der Waals surface area contributed by atoms with Crippen molar-refractivity contribution in [3.8, 4) is 0 Å². The highest BCUT2D eigenvalue weighted by molar-refractivity contribution is 6.17. The summed E-state index contributed by atoms with van der Waals surface area (Å²) in [5.41, 5.74) is 3.13. The zero-order valence-corrected chi connectivity index (χ0v) is 25.5. The van der Waals surface area contributed by atoms with Crippen LogP contribution >= 0.6 is 11.6 Å². The van der Waals surface area contributed by atoms with E-state index in [4.69, 9.17) is 49.5 Å². The molecule has 0 spiro atoms. The lowest BCUT2D eigenvalue weighted by Gasteiger charge is -2.45. The molecule has 0 amide bonds. The average molecular weight is 615 g/mol. The first-order valence-corrected chi connectivity index (χ1v) is 15.3. The van der Waals surface area contributed by atoms with Gasteiger partial charge in [0.2, 0.25) is 0 Å². The Morgan fingerprint density at radius 3 is 1.53 bits per heavy atom. The Morgan fingerprint density at radius 1 is 0.558 bits per heavy atom. The van der Waals surface area contributed by atoms with E-state index >= 15 is 0 Å². The molecule has 0 saturated carbocycles. The summed E-state index contributed by atoms with van der Waals surface area (Å²) in [4.78, 5) is 0. The van der Waals surface area contributed by atoms with Crippen LogP contribution < -0.4 is 0 Å². The molecule has 3 aromatic rings. The summed E-state index contributed by atoms with van der Waals surface area (Å²) in [5, 5.41) is 0. The number of halogens is 1. The van der Waals surface area contributed by atoms with Gasteiger partial charge in [-0.25, -0.2) is 0 Å². The van der Waals surface area contributed by atoms with E-state index in [1.165, 1.54) is 0 Å². The van der Waals surface area contributed by atoms with Crippen molar-refractivity contribution in [2.45, 2.75) is 50.5 Å². The number of ether oxygens (including phenoxy) is 8. The smallest absolute Gasteiger partial charge is 0.187 e. The van der Waals surface area contributed by atoms with Gasteiger partial charge < -0.3 is 37.9 Å². The molecule has 5 atom stereocenters. The van der Waals surface area contributed by atoms with Gasteiger partial charge in [0, 0.05) is 13.0 Å². The molecule has 1 heterocycles. The molecule has 0 radical (unpaired) electrons. The fourth-order valence-electron chi connectivity index (χ4n) is 4.78. The summed E-state index contributed by atoms with van der Waals surface area (Å²) in [6.45, 7) is 3.50. The van der Waals surface area contributed by atoms with Gasteiger partial charge in [0.25, 0.3) is 0 Å². The van der Waals surface area contributed by atoms with Crippen LogP contribution in [0.3, 0.4) is 0 Å². The SMILES string of the molecule is COC[C@H]1O[C@H](OCCOCCOCCCl)[C@@H](OCc2ccccc2)[C@@H](OCc2ccccc2)[C@@H]1OCc1ccccc1. The van der Waals surface area contributed by atoms with Gasteiger partial charge in [-0.15, -0.1) is 11.6 Å². The van der Waals surface area contributed by atoms with E-state index in [1.807, 2.05) is 91.0 Å². The monoisotopic (exact) mass is 614 g/mol. The molecule has 43 heavy (non-hydrogen) atoms. The maximum absolute atomic E-state index is 6.64. The lowest BCUT2D eigenvalue weighted by molar-refractivity contribution is -0.328. The summed E-state index contributed by atoms with van der Waals surface area (Å²) >= 11 is 5.65. The van der Waals surface area contributed by atoms with Gasteiger partial charge in [0.1, 0.15) is 24.4 Å². The fourth-order valence-corrected chi connectivity index (χ4v) is 4.89. The Hall–Kier alpha value is -2.37. The molecular weight excluding hydrogens is 572 g/mol. The van der Waals surface area contributed by atoms with Crippen molar-refractivity contribution in [3.05, 3.63) is 108 Å². The van der Waals surface area contributed by atoms with Gasteiger partial charge in [0.15, 0.2) is 6.29 Å². The normalized spacial score (nSPS) is 22.0. The Labute approximate surface area is 260 Å². The Balaban J connectivity index is 1.52. The minimum Gasteiger partial charge on any atom is -0.382 e. The molecule has 1 saturated heterocycles. The minimum atomic E-state index is -0.739. The number of hydrogen-bond acceptors (Lipinski definition) is 8. The molecule has 0 unspecified atom stereocenters. The molecule has 1 aliphatic rings. The van der Waals surface area contributed by atoms with Crippen molar-refractivity contribution < 1.29 is 37.9 Å². The van der Waals surface area contributed by atoms with Crippen LogP contribution in [0.4, 0.5) is 0 Å². The number of hydrogen-bond donors (Lipinski definition) is 0. The van der Waals surface area contributed by atoms with Crippen molar-refractivity contribution in [1.82, 2.24) is 0 Å². The van der Waals surface area contributed by atoms with E-state index in [2.05, 4.69) is 0 Å². The first kappa shape index (κ1) is 33.5. The number of benzene rings is 3. The molecular formula is C34H43ClO8. The molecule has 234 valence electrons. The zero-order valence-electron chi connectivity index (χ0n) is 24.8. The number of alkyl halides is 1. The van der Waals surface area contributed by atoms with E-state index in [0.29, 0.717) is 65.3 Å². The van der Waals surface area contributed by atoms with Crippen molar-refractivity contribution in [1.29, 1.82) is 0 Å². The second-order valence-corrected chi connectivity index (χ2v) is 10.4. The molecule has 8 nitrogen and oxygen atoms in total. The molecule has 0 bridgehead atoms. The summed E-state index contributed by atoms with van der Waals surface area (Å²) < 4.78 is 49.1. The highest BCUT2D eigenvalue weighted by atomic mass is 35.5. The predicted octanol–water partition coefficient (Wildman–Crippen LogP) is 5.40. The first-order valence-electron chi connectivity index (χ1n) is 14.7. The minimum absolute atomic E-state index is 0.296. The molecule has 0 aromatic heterocycles. The molecule has 1 aliphatic heterocycles. The number of methoxy groups -OCH3 is 1. The highest BCUT2D eigenvalue weighted by Gasteiger charge is 2.49. The standard InChI is InChI=1S/C34H43ClO8/c1-36-26-30-31(40-23-27-11-5-2-6-12-27)32(41-24-28-13-7-3-8-14-28)33(42-25-29-15-9-4-10-16-29)34(43-30)39-22-21-38-20-19-37-18-17-35/h2-16,30-34H,17-26H2,1H3/t30-,31-,32+,33+,34+/m1/s1. The average Bonchev–Trinajstić information content (AvgIpc) is 3.05. The van der Waals surface area contributed by atoms with E-state index in [9.17, 15) is 0 Å². The van der Waals surface area contributed by atoms with Crippen LogP contribution in [0, 0.1) is 0 Å². The van der Waals surface area contributed by atoms with Crippen LogP contribution in [-0.4, -0.2) is 83.3 Å². The molecule has 0 N–H and O–H groups in total. The Kier molecular flexibility index (Phi) is 15.4. The molecule has 1 fully saturated rings. The fraction of sp³-hybridized carbons (Fsp3) is 0.471. The van der Waals surface area contributed by atoms with Gasteiger partial charge in [-0.2, -0.15) is 0 Å². The third kappa shape index (κ3) is 11.6. The number of rotatable bonds is 20. The summed E-state index contributed by atoms with van der Waals surface area (Å²) in [6, 6.07) is 30.1. The van der Waals surface area contributed by atoms with Crippen LogP contribution in [0.1, 0.15) is 16.7 Å². The van der Waals surface area contributed by atoms with Gasteiger partial charge >= 0.3 is 0 Å². The van der Waals surface area contributed by atoms with Crippen LogP contribution in [0.25, 0.3) is 0 Å². The Bertz CT molecular complexity index is 1110. The zero-order chi connectivity index (χ0) is 30.0. The van der Waals surface area contributed by atoms with Gasteiger partial charge in [0.05, 0.1) is 59.5 Å².